The van der Waals surface area contributed by atoms with Gasteiger partial charge in [-0.1, -0.05) is 36.8 Å². The van der Waals surface area contributed by atoms with Gasteiger partial charge in [-0.25, -0.2) is 0 Å². The lowest BCUT2D eigenvalue weighted by atomic mass is 10.1. The zero-order valence-corrected chi connectivity index (χ0v) is 13.1. The maximum atomic E-state index is 12.1. The highest BCUT2D eigenvalue weighted by atomic mass is 16.5. The Balaban J connectivity index is 2.66. The van der Waals surface area contributed by atoms with Crippen molar-refractivity contribution in [3.63, 3.8) is 0 Å². The first-order valence-electron chi connectivity index (χ1n) is 7.09. The molecule has 0 spiro atoms. The van der Waals surface area contributed by atoms with Gasteiger partial charge in [0, 0.05) is 19.2 Å². The standard InChI is InChI=1S/C17H23NO3/c1-5-18(12-14(3)17(20)21-4)16(19)11-10-15-8-6-13(2)7-9-15/h6-11,14H,5,12H2,1-4H3/b11-10+. The number of carbonyl (C=O) groups excluding carboxylic acids is 2. The predicted octanol–water partition coefficient (Wildman–Crippen LogP) is 2.67. The molecule has 0 N–H and O–H groups in total. The second-order valence-corrected chi connectivity index (χ2v) is 5.05. The fourth-order valence-electron chi connectivity index (χ4n) is 1.93. The summed E-state index contributed by atoms with van der Waals surface area (Å²) < 4.78 is 4.68. The van der Waals surface area contributed by atoms with Gasteiger partial charge in [0.1, 0.15) is 0 Å². The summed E-state index contributed by atoms with van der Waals surface area (Å²) in [5.41, 5.74) is 2.16. The fourth-order valence-corrected chi connectivity index (χ4v) is 1.93. The first-order chi connectivity index (χ1) is 9.97. The second kappa shape index (κ2) is 8.25. The first-order valence-corrected chi connectivity index (χ1v) is 7.09. The van der Waals surface area contributed by atoms with Gasteiger partial charge in [0.05, 0.1) is 13.0 Å². The van der Waals surface area contributed by atoms with Crippen LogP contribution in [0.3, 0.4) is 0 Å². The molecule has 1 aromatic rings. The van der Waals surface area contributed by atoms with Crippen molar-refractivity contribution < 1.29 is 14.3 Å². The van der Waals surface area contributed by atoms with E-state index in [2.05, 4.69) is 4.74 Å². The number of aryl methyl sites for hydroxylation is 1. The minimum Gasteiger partial charge on any atom is -0.469 e. The average Bonchev–Trinajstić information content (AvgIpc) is 2.50. The summed E-state index contributed by atoms with van der Waals surface area (Å²) in [6, 6.07) is 7.93. The number of methoxy groups -OCH3 is 1. The second-order valence-electron chi connectivity index (χ2n) is 5.05. The van der Waals surface area contributed by atoms with Gasteiger partial charge in [-0.3, -0.25) is 9.59 Å². The van der Waals surface area contributed by atoms with E-state index in [1.165, 1.54) is 18.7 Å². The molecule has 0 aliphatic carbocycles. The normalized spacial score (nSPS) is 12.2. The lowest BCUT2D eigenvalue weighted by Gasteiger charge is -2.22. The zero-order valence-electron chi connectivity index (χ0n) is 13.1. The van der Waals surface area contributed by atoms with E-state index in [1.807, 2.05) is 38.1 Å². The molecule has 1 unspecified atom stereocenters. The molecule has 4 heteroatoms. The third-order valence-corrected chi connectivity index (χ3v) is 3.29. The number of amides is 1. The number of carbonyl (C=O) groups is 2. The molecule has 1 amide bonds. The van der Waals surface area contributed by atoms with E-state index in [-0.39, 0.29) is 17.8 Å². The number of ether oxygens (including phenoxy) is 1. The number of hydrogen-bond acceptors (Lipinski definition) is 3. The molecule has 21 heavy (non-hydrogen) atoms. The smallest absolute Gasteiger partial charge is 0.310 e. The van der Waals surface area contributed by atoms with Crippen LogP contribution < -0.4 is 0 Å². The summed E-state index contributed by atoms with van der Waals surface area (Å²) in [7, 11) is 1.36. The van der Waals surface area contributed by atoms with Crippen molar-refractivity contribution in [3.8, 4) is 0 Å². The van der Waals surface area contributed by atoms with Crippen molar-refractivity contribution in [3.05, 3.63) is 41.5 Å². The zero-order chi connectivity index (χ0) is 15.8. The molecular formula is C17H23NO3. The lowest BCUT2D eigenvalue weighted by Crippen LogP contribution is -2.36. The minimum atomic E-state index is -0.327. The number of hydrogen-bond donors (Lipinski definition) is 0. The Hall–Kier alpha value is -2.10. The van der Waals surface area contributed by atoms with E-state index in [9.17, 15) is 9.59 Å². The van der Waals surface area contributed by atoms with Crippen molar-refractivity contribution >= 4 is 18.0 Å². The molecule has 1 rings (SSSR count). The molecule has 1 atom stereocenters. The van der Waals surface area contributed by atoms with Gasteiger partial charge >= 0.3 is 5.97 Å². The Kier molecular flexibility index (Phi) is 6.66. The first kappa shape index (κ1) is 17.0. The minimum absolute atomic E-state index is 0.103. The van der Waals surface area contributed by atoms with Crippen LogP contribution in [0.5, 0.6) is 0 Å². The lowest BCUT2D eigenvalue weighted by molar-refractivity contribution is -0.146. The quantitative estimate of drug-likeness (QED) is 0.597. The third kappa shape index (κ3) is 5.42. The molecule has 0 aliphatic heterocycles. The molecule has 0 radical (unpaired) electrons. The predicted molar refractivity (Wildman–Crippen MR) is 83.6 cm³/mol. The highest BCUT2D eigenvalue weighted by Crippen LogP contribution is 2.07. The Morgan fingerprint density at radius 2 is 1.90 bits per heavy atom. The average molecular weight is 289 g/mol. The van der Waals surface area contributed by atoms with Crippen molar-refractivity contribution in [1.29, 1.82) is 0 Å². The van der Waals surface area contributed by atoms with E-state index in [0.29, 0.717) is 13.1 Å². The van der Waals surface area contributed by atoms with E-state index in [4.69, 9.17) is 0 Å². The van der Waals surface area contributed by atoms with Gasteiger partial charge in [-0.15, -0.1) is 0 Å². The van der Waals surface area contributed by atoms with Crippen LogP contribution in [-0.2, 0) is 14.3 Å². The molecule has 0 heterocycles. The SMILES string of the molecule is CCN(CC(C)C(=O)OC)C(=O)/C=C/c1ccc(C)cc1. The van der Waals surface area contributed by atoms with Crippen LogP contribution in [0.1, 0.15) is 25.0 Å². The number of likely N-dealkylation sites (N-methyl/N-ethyl adjacent to an activating group) is 1. The summed E-state index contributed by atoms with van der Waals surface area (Å²) >= 11 is 0. The summed E-state index contributed by atoms with van der Waals surface area (Å²) in [5, 5.41) is 0. The Morgan fingerprint density at radius 3 is 2.43 bits per heavy atom. The Bertz CT molecular complexity index is 505. The van der Waals surface area contributed by atoms with Crippen LogP contribution in [0.4, 0.5) is 0 Å². The highest BCUT2D eigenvalue weighted by molar-refractivity contribution is 5.92. The maximum absolute atomic E-state index is 12.1. The summed E-state index contributed by atoms with van der Waals surface area (Å²) in [6.07, 6.45) is 3.32. The molecule has 0 aromatic heterocycles. The molecule has 0 aliphatic rings. The molecule has 0 saturated carbocycles. The molecule has 1 aromatic carbocycles. The molecule has 114 valence electrons. The van der Waals surface area contributed by atoms with Gasteiger partial charge in [0.2, 0.25) is 5.91 Å². The third-order valence-electron chi connectivity index (χ3n) is 3.29. The fraction of sp³-hybridized carbons (Fsp3) is 0.412. The number of rotatable bonds is 6. The van der Waals surface area contributed by atoms with Crippen LogP contribution in [0, 0.1) is 12.8 Å². The van der Waals surface area contributed by atoms with E-state index in [0.717, 1.165) is 5.56 Å². The molecule has 4 nitrogen and oxygen atoms in total. The van der Waals surface area contributed by atoms with Crippen LogP contribution >= 0.6 is 0 Å². The number of nitrogens with zero attached hydrogens (tertiary/aromatic N) is 1. The van der Waals surface area contributed by atoms with Crippen molar-refractivity contribution in [1.82, 2.24) is 4.90 Å². The van der Waals surface area contributed by atoms with Gasteiger partial charge < -0.3 is 9.64 Å². The van der Waals surface area contributed by atoms with Crippen LogP contribution in [0.2, 0.25) is 0 Å². The van der Waals surface area contributed by atoms with Crippen molar-refractivity contribution in [2.45, 2.75) is 20.8 Å². The van der Waals surface area contributed by atoms with Crippen LogP contribution in [-0.4, -0.2) is 37.0 Å². The van der Waals surface area contributed by atoms with Gasteiger partial charge in [-0.2, -0.15) is 0 Å². The maximum Gasteiger partial charge on any atom is 0.310 e. The molecule has 0 fully saturated rings. The number of esters is 1. The van der Waals surface area contributed by atoms with E-state index >= 15 is 0 Å². The molecule has 0 saturated heterocycles. The Morgan fingerprint density at radius 1 is 1.29 bits per heavy atom. The largest absolute Gasteiger partial charge is 0.469 e. The summed E-state index contributed by atoms with van der Waals surface area (Å²) in [6.45, 7) is 6.58. The van der Waals surface area contributed by atoms with Gasteiger partial charge in [0.25, 0.3) is 0 Å². The van der Waals surface area contributed by atoms with Crippen molar-refractivity contribution in [2.75, 3.05) is 20.2 Å². The monoisotopic (exact) mass is 289 g/mol. The number of benzene rings is 1. The van der Waals surface area contributed by atoms with E-state index < -0.39 is 0 Å². The van der Waals surface area contributed by atoms with Crippen LogP contribution in [0.25, 0.3) is 6.08 Å². The summed E-state index contributed by atoms with van der Waals surface area (Å²) in [4.78, 5) is 25.2. The van der Waals surface area contributed by atoms with Crippen molar-refractivity contribution in [2.24, 2.45) is 5.92 Å². The van der Waals surface area contributed by atoms with Gasteiger partial charge in [0.15, 0.2) is 0 Å². The molecular weight excluding hydrogens is 266 g/mol. The molecule has 0 bridgehead atoms. The highest BCUT2D eigenvalue weighted by Gasteiger charge is 2.18. The van der Waals surface area contributed by atoms with Gasteiger partial charge in [-0.05, 0) is 25.5 Å². The topological polar surface area (TPSA) is 46.6 Å². The summed E-state index contributed by atoms with van der Waals surface area (Å²) in [5.74, 6) is -0.732. The van der Waals surface area contributed by atoms with Crippen LogP contribution in [0.15, 0.2) is 30.3 Å². The Labute approximate surface area is 126 Å². The van der Waals surface area contributed by atoms with E-state index in [1.54, 1.807) is 17.9 Å².